The monoisotopic (exact) mass is 944 g/mol. The van der Waals surface area contributed by atoms with E-state index in [1.807, 2.05) is 91.0 Å². The minimum Gasteiger partial charge on any atom is -0.463 e. The average molecular weight is 945 g/mol. The molecule has 10 atom stereocenters. The molecule has 16 nitrogen and oxygen atoms in total. The number of benzene rings is 4. The van der Waals surface area contributed by atoms with Crippen molar-refractivity contribution in [1.82, 2.24) is 0 Å². The lowest BCUT2D eigenvalue weighted by Gasteiger charge is -2.45. The van der Waals surface area contributed by atoms with Crippen LogP contribution in [-0.2, 0) is 91.1 Å². The van der Waals surface area contributed by atoms with Gasteiger partial charge in [-0.1, -0.05) is 109 Å². The Hall–Kier alpha value is -5.66. The Morgan fingerprint density at radius 1 is 0.478 bits per heavy atom. The van der Waals surface area contributed by atoms with Gasteiger partial charge in [-0.3, -0.25) is 19.2 Å². The summed E-state index contributed by atoms with van der Waals surface area (Å²) in [6.45, 7) is 4.80. The van der Waals surface area contributed by atoms with Gasteiger partial charge in [-0.2, -0.15) is 0 Å². The number of rotatable bonds is 22. The molecule has 4 aromatic carbocycles. The zero-order valence-electron chi connectivity index (χ0n) is 37.7. The van der Waals surface area contributed by atoms with E-state index >= 15 is 0 Å². The van der Waals surface area contributed by atoms with E-state index in [0.29, 0.717) is 5.56 Å². The lowest BCUT2D eigenvalue weighted by molar-refractivity contribution is -0.307. The molecule has 2 heterocycles. The van der Waals surface area contributed by atoms with Crippen molar-refractivity contribution in [2.24, 2.45) is 0 Å². The molecule has 17 heteroatoms. The lowest BCUT2D eigenvalue weighted by atomic mass is 9.98. The van der Waals surface area contributed by atoms with E-state index in [1.54, 1.807) is 30.3 Å². The van der Waals surface area contributed by atoms with Gasteiger partial charge in [0.05, 0.1) is 38.6 Å². The average Bonchev–Trinajstić information content (AvgIpc) is 3.31. The van der Waals surface area contributed by atoms with Gasteiger partial charge < -0.3 is 52.1 Å². The maximum absolute atomic E-state index is 14.0. The van der Waals surface area contributed by atoms with Crippen molar-refractivity contribution in [2.75, 3.05) is 25.6 Å². The molecule has 0 saturated carbocycles. The van der Waals surface area contributed by atoms with E-state index in [1.165, 1.54) is 18.7 Å². The Kier molecular flexibility index (Phi) is 19.7. The van der Waals surface area contributed by atoms with E-state index in [0.717, 1.165) is 37.5 Å². The van der Waals surface area contributed by atoms with E-state index < -0.39 is 97.0 Å². The zero-order chi connectivity index (χ0) is 47.5. The first-order chi connectivity index (χ1) is 32.4. The lowest BCUT2D eigenvalue weighted by Crippen LogP contribution is -2.63. The summed E-state index contributed by atoms with van der Waals surface area (Å²) >= 11 is 1.25. The summed E-state index contributed by atoms with van der Waals surface area (Å²) in [5, 5.41) is 0. The van der Waals surface area contributed by atoms with Crippen molar-refractivity contribution in [1.29, 1.82) is 0 Å². The summed E-state index contributed by atoms with van der Waals surface area (Å²) in [7, 11) is 0. The van der Waals surface area contributed by atoms with Gasteiger partial charge in [-0.25, -0.2) is 4.79 Å². The SMILES string of the molecule is CC(=O)OC[C@H]1O[C@@H](OCCS[C@@H]2O[C@H](COCc3ccccc3)[C@@H](OCc3ccccc3)[C@H](OCc3ccccc3)[C@@H]2OC(=O)c2ccccc2)[C@H](OC(C)=O)[C@@H](OC(C)=O)[C@@H]1OC(C)=O. The molecule has 0 amide bonds. The summed E-state index contributed by atoms with van der Waals surface area (Å²) in [5.41, 5.74) is 2.16. The maximum atomic E-state index is 14.0. The normalized spacial score (nSPS) is 24.7. The molecule has 0 N–H and O–H groups in total. The molecule has 0 unspecified atom stereocenters. The van der Waals surface area contributed by atoms with Crippen molar-refractivity contribution in [3.8, 4) is 0 Å². The molecule has 0 bridgehead atoms. The molecule has 0 aliphatic carbocycles. The Balaban J connectivity index is 1.29. The van der Waals surface area contributed by atoms with Crippen LogP contribution in [0.4, 0.5) is 0 Å². The molecule has 0 aromatic heterocycles. The Morgan fingerprint density at radius 3 is 1.52 bits per heavy atom. The number of hydrogen-bond acceptors (Lipinski definition) is 17. The summed E-state index contributed by atoms with van der Waals surface area (Å²) in [4.78, 5) is 62.9. The van der Waals surface area contributed by atoms with Crippen molar-refractivity contribution in [3.63, 3.8) is 0 Å². The van der Waals surface area contributed by atoms with Crippen LogP contribution in [0, 0.1) is 0 Å². The summed E-state index contributed by atoms with van der Waals surface area (Å²) in [5.74, 6) is -3.39. The number of carbonyl (C=O) groups is 5. The third-order valence-corrected chi connectivity index (χ3v) is 11.5. The van der Waals surface area contributed by atoms with E-state index in [-0.39, 0.29) is 38.8 Å². The van der Waals surface area contributed by atoms with Crippen LogP contribution in [0.2, 0.25) is 0 Å². The van der Waals surface area contributed by atoms with Crippen LogP contribution in [0.5, 0.6) is 0 Å². The highest BCUT2D eigenvalue weighted by atomic mass is 32.2. The summed E-state index contributed by atoms with van der Waals surface area (Å²) < 4.78 is 67.2. The fourth-order valence-electron chi connectivity index (χ4n) is 7.48. The molecule has 0 radical (unpaired) electrons. The van der Waals surface area contributed by atoms with Crippen LogP contribution in [0.3, 0.4) is 0 Å². The number of thioether (sulfide) groups is 1. The quantitative estimate of drug-likeness (QED) is 0.0495. The van der Waals surface area contributed by atoms with Crippen molar-refractivity contribution in [3.05, 3.63) is 144 Å². The third-order valence-electron chi connectivity index (χ3n) is 10.4. The molecular weight excluding hydrogens is 889 g/mol. The highest BCUT2D eigenvalue weighted by Crippen LogP contribution is 2.36. The molecule has 2 fully saturated rings. The molecule has 0 spiro atoms. The first kappa shape index (κ1) is 50.7. The number of carbonyl (C=O) groups excluding carboxylic acids is 5. The molecule has 6 rings (SSSR count). The third kappa shape index (κ3) is 15.7. The molecule has 2 aliphatic heterocycles. The predicted molar refractivity (Wildman–Crippen MR) is 241 cm³/mol. The topological polar surface area (TPSA) is 187 Å². The summed E-state index contributed by atoms with van der Waals surface area (Å²) in [6, 6.07) is 37.5. The Bertz CT molecular complexity index is 2160. The van der Waals surface area contributed by atoms with Gasteiger partial charge in [0.1, 0.15) is 36.5 Å². The van der Waals surface area contributed by atoms with Crippen molar-refractivity contribution < 1.29 is 76.1 Å². The molecule has 67 heavy (non-hydrogen) atoms. The van der Waals surface area contributed by atoms with Gasteiger partial charge in [0.15, 0.2) is 30.7 Å². The number of ether oxygens (including phenoxy) is 11. The maximum Gasteiger partial charge on any atom is 0.338 e. The van der Waals surface area contributed by atoms with E-state index in [2.05, 4.69) is 0 Å². The van der Waals surface area contributed by atoms with Crippen LogP contribution >= 0.6 is 11.8 Å². The minimum absolute atomic E-state index is 0.0806. The highest BCUT2D eigenvalue weighted by molar-refractivity contribution is 7.99. The summed E-state index contributed by atoms with van der Waals surface area (Å²) in [6.07, 6.45) is -10.3. The predicted octanol–water partition coefficient (Wildman–Crippen LogP) is 6.16. The standard InChI is InChI=1S/C50H56O16S/c1-32(51)58-31-41-43(61-33(2)52)45(62-34(3)53)46(63-35(4)54)49(64-41)57-25-26-67-50-47(66-48(55)39-23-15-8-16-24-39)44(60-29-38-21-13-7-14-22-38)42(59-28-37-19-11-6-12-20-37)40(65-50)30-56-27-36-17-9-5-10-18-36/h5-24,40-47,49-50H,25-31H2,1-4H3/t40-,41-,42-,43-,44+,45+,46-,47+,49-,50+/m1/s1. The first-order valence-corrected chi connectivity index (χ1v) is 22.9. The molecule has 358 valence electrons. The smallest absolute Gasteiger partial charge is 0.338 e. The molecule has 2 aliphatic rings. The van der Waals surface area contributed by atoms with E-state index in [4.69, 9.17) is 52.1 Å². The minimum atomic E-state index is -1.42. The fourth-order valence-corrected chi connectivity index (χ4v) is 8.53. The van der Waals surface area contributed by atoms with Gasteiger partial charge >= 0.3 is 29.8 Å². The Morgan fingerprint density at radius 2 is 0.970 bits per heavy atom. The fraction of sp³-hybridized carbons (Fsp3) is 0.420. The highest BCUT2D eigenvalue weighted by Gasteiger charge is 2.53. The van der Waals surface area contributed by atoms with Crippen LogP contribution in [0.15, 0.2) is 121 Å². The van der Waals surface area contributed by atoms with E-state index in [9.17, 15) is 24.0 Å². The molecular formula is C50H56O16S. The number of esters is 5. The Labute approximate surface area is 393 Å². The second-order valence-corrected chi connectivity index (χ2v) is 16.8. The number of hydrogen-bond donors (Lipinski definition) is 0. The van der Waals surface area contributed by atoms with Gasteiger partial charge in [-0.05, 0) is 28.8 Å². The first-order valence-electron chi connectivity index (χ1n) is 21.8. The van der Waals surface area contributed by atoms with Crippen LogP contribution in [0.25, 0.3) is 0 Å². The zero-order valence-corrected chi connectivity index (χ0v) is 38.5. The molecule has 2 saturated heterocycles. The van der Waals surface area contributed by atoms with Gasteiger partial charge in [0.2, 0.25) is 0 Å². The van der Waals surface area contributed by atoms with Crippen molar-refractivity contribution in [2.45, 2.75) is 108 Å². The van der Waals surface area contributed by atoms with Crippen LogP contribution in [0.1, 0.15) is 54.7 Å². The van der Waals surface area contributed by atoms with Crippen LogP contribution in [-0.4, -0.2) is 116 Å². The van der Waals surface area contributed by atoms with Gasteiger partial charge in [0.25, 0.3) is 0 Å². The second-order valence-electron chi connectivity index (χ2n) is 15.6. The van der Waals surface area contributed by atoms with Gasteiger partial charge in [-0.15, -0.1) is 11.8 Å². The van der Waals surface area contributed by atoms with Crippen LogP contribution < -0.4 is 0 Å². The second kappa shape index (κ2) is 26.0. The van der Waals surface area contributed by atoms with Crippen molar-refractivity contribution >= 4 is 41.6 Å². The molecule has 4 aromatic rings. The van der Waals surface area contributed by atoms with Gasteiger partial charge in [0, 0.05) is 33.4 Å². The largest absolute Gasteiger partial charge is 0.463 e.